The lowest BCUT2D eigenvalue weighted by atomic mass is 9.98. The molecule has 0 bridgehead atoms. The van der Waals surface area contributed by atoms with Crippen molar-refractivity contribution in [1.29, 1.82) is 0 Å². The molecule has 72 valence electrons. The molecule has 2 unspecified atom stereocenters. The van der Waals surface area contributed by atoms with E-state index in [4.69, 9.17) is 6.11 Å². The minimum absolute atomic E-state index is 0.00199. The highest BCUT2D eigenvalue weighted by Gasteiger charge is 2.12. The van der Waals surface area contributed by atoms with Crippen LogP contribution in [0.4, 0.5) is 0 Å². The van der Waals surface area contributed by atoms with E-state index in [1.165, 1.54) is 0 Å². The Hall–Kier alpha value is -0.530. The van der Waals surface area contributed by atoms with Crippen LogP contribution in [-0.4, -0.2) is 12.6 Å². The Morgan fingerprint density at radius 2 is 1.92 bits per heavy atom. The first-order valence-electron chi connectivity index (χ1n) is 5.19. The van der Waals surface area contributed by atoms with Crippen LogP contribution in [0, 0.1) is 11.8 Å². The van der Waals surface area contributed by atoms with E-state index in [2.05, 4.69) is 13.8 Å². The van der Waals surface area contributed by atoms with Gasteiger partial charge in [-0.15, -0.1) is 0 Å². The quantitative estimate of drug-likeness (QED) is 0.579. The van der Waals surface area contributed by atoms with E-state index in [-0.39, 0.29) is 6.10 Å². The number of carbonyl (C=O) groups is 1. The van der Waals surface area contributed by atoms with Crippen molar-refractivity contribution in [2.75, 3.05) is 0 Å². The van der Waals surface area contributed by atoms with Crippen LogP contribution in [0.25, 0.3) is 0 Å². The fourth-order valence-corrected chi connectivity index (χ4v) is 1.26. The molecule has 0 aliphatic rings. The van der Waals surface area contributed by atoms with Crippen molar-refractivity contribution in [3.05, 3.63) is 0 Å². The molecule has 0 rings (SSSR count). The molecule has 2 heteroatoms. The van der Waals surface area contributed by atoms with Crippen LogP contribution >= 0.6 is 0 Å². The Balaban J connectivity index is 3.85. The monoisotopic (exact) mass is 174 g/mol. The number of ether oxygens (including phenoxy) is 1. The highest BCUT2D eigenvalue weighted by Crippen LogP contribution is 2.15. The van der Waals surface area contributed by atoms with E-state index >= 15 is 0 Å². The summed E-state index contributed by atoms with van der Waals surface area (Å²) in [6.45, 7) is 7.13. The predicted molar refractivity (Wildman–Crippen MR) is 49.8 cm³/mol. The van der Waals surface area contributed by atoms with Gasteiger partial charge in [0.1, 0.15) is 6.10 Å². The summed E-state index contributed by atoms with van der Waals surface area (Å²) in [6.07, 6.45) is 1.70. The predicted octanol–water partition coefficient (Wildman–Crippen LogP) is 2.62. The van der Waals surface area contributed by atoms with E-state index in [1.807, 2.05) is 6.92 Å². The standard InChI is InChI=1S/C10H20O2/c1-8(2)5-10(12-7-11)6-9(3)4/h7-10H,5-6H2,1-4H3/i1T. The molecule has 2 atom stereocenters. The average molecular weight is 174 g/mol. The molecule has 0 spiro atoms. The molecule has 12 heavy (non-hydrogen) atoms. The van der Waals surface area contributed by atoms with E-state index in [0.29, 0.717) is 25.2 Å². The maximum Gasteiger partial charge on any atom is 0.293 e. The number of rotatable bonds is 6. The summed E-state index contributed by atoms with van der Waals surface area (Å²) >= 11 is 0. The van der Waals surface area contributed by atoms with Gasteiger partial charge in [0.05, 0.1) is 0 Å². The fourth-order valence-electron chi connectivity index (χ4n) is 1.26. The molecule has 0 heterocycles. The van der Waals surface area contributed by atoms with Crippen molar-refractivity contribution < 1.29 is 10.9 Å². The zero-order valence-corrected chi connectivity index (χ0v) is 8.25. The summed E-state index contributed by atoms with van der Waals surface area (Å²) in [6, 6.07) is 0. The Morgan fingerprint density at radius 1 is 1.33 bits per heavy atom. The third-order valence-corrected chi connectivity index (χ3v) is 1.65. The third kappa shape index (κ3) is 6.20. The highest BCUT2D eigenvalue weighted by molar-refractivity contribution is 5.37. The van der Waals surface area contributed by atoms with Gasteiger partial charge in [0, 0.05) is 1.37 Å². The first-order valence-corrected chi connectivity index (χ1v) is 4.48. The second-order valence-corrected chi connectivity index (χ2v) is 3.82. The minimum Gasteiger partial charge on any atom is -0.465 e. The summed E-state index contributed by atoms with van der Waals surface area (Å²) in [5.41, 5.74) is 0. The average Bonchev–Trinajstić information content (AvgIpc) is 2.03. The van der Waals surface area contributed by atoms with E-state index in [9.17, 15) is 4.79 Å². The SMILES string of the molecule is [3H]CC(C)CC(CC(C)C)OC=O. The van der Waals surface area contributed by atoms with Gasteiger partial charge >= 0.3 is 0 Å². The maximum atomic E-state index is 10.2. The lowest BCUT2D eigenvalue weighted by Gasteiger charge is -2.18. The molecule has 0 aromatic rings. The number of hydrogen-bond donors (Lipinski definition) is 0. The third-order valence-electron chi connectivity index (χ3n) is 1.65. The van der Waals surface area contributed by atoms with Gasteiger partial charge in [-0.25, -0.2) is 0 Å². The van der Waals surface area contributed by atoms with Crippen LogP contribution in [0.1, 0.15) is 41.9 Å². The van der Waals surface area contributed by atoms with Crippen molar-refractivity contribution in [2.24, 2.45) is 11.8 Å². The van der Waals surface area contributed by atoms with Crippen LogP contribution < -0.4 is 0 Å². The molecular weight excluding hydrogens is 152 g/mol. The smallest absolute Gasteiger partial charge is 0.293 e. The summed E-state index contributed by atoms with van der Waals surface area (Å²) < 4.78 is 12.1. The van der Waals surface area contributed by atoms with Crippen LogP contribution in [0.2, 0.25) is 0 Å². The van der Waals surface area contributed by atoms with Gasteiger partial charge in [-0.05, 0) is 24.7 Å². The Morgan fingerprint density at radius 3 is 2.33 bits per heavy atom. The zero-order chi connectivity index (χ0) is 10.3. The summed E-state index contributed by atoms with van der Waals surface area (Å²) in [4.78, 5) is 10.2. The van der Waals surface area contributed by atoms with E-state index in [1.54, 1.807) is 0 Å². The molecule has 0 fully saturated rings. The number of hydrogen-bond acceptors (Lipinski definition) is 2. The van der Waals surface area contributed by atoms with Gasteiger partial charge in [-0.3, -0.25) is 4.79 Å². The van der Waals surface area contributed by atoms with Crippen LogP contribution in [0.3, 0.4) is 0 Å². The van der Waals surface area contributed by atoms with Crippen LogP contribution in [0.5, 0.6) is 0 Å². The Labute approximate surface area is 76.7 Å². The second kappa shape index (κ2) is 6.04. The molecule has 2 nitrogen and oxygen atoms in total. The van der Waals surface area contributed by atoms with Gasteiger partial charge in [0.25, 0.3) is 6.47 Å². The molecule has 0 saturated carbocycles. The van der Waals surface area contributed by atoms with Gasteiger partial charge in [-0.2, -0.15) is 0 Å². The van der Waals surface area contributed by atoms with E-state index < -0.39 is 0 Å². The van der Waals surface area contributed by atoms with Crippen LogP contribution in [0.15, 0.2) is 0 Å². The second-order valence-electron chi connectivity index (χ2n) is 3.82. The largest absolute Gasteiger partial charge is 0.465 e. The molecule has 0 aliphatic heterocycles. The van der Waals surface area contributed by atoms with Crippen molar-refractivity contribution in [3.63, 3.8) is 0 Å². The minimum atomic E-state index is -0.00199. The number of carbonyl (C=O) groups excluding carboxylic acids is 1. The molecule has 0 N–H and O–H groups in total. The highest BCUT2D eigenvalue weighted by atomic mass is 16.5. The van der Waals surface area contributed by atoms with E-state index in [0.717, 1.165) is 12.8 Å². The Bertz CT molecular complexity index is 137. The first kappa shape index (κ1) is 9.56. The fraction of sp³-hybridized carbons (Fsp3) is 0.900. The lowest BCUT2D eigenvalue weighted by molar-refractivity contribution is -0.134. The van der Waals surface area contributed by atoms with Gasteiger partial charge in [0.2, 0.25) is 0 Å². The molecule has 0 aromatic carbocycles. The van der Waals surface area contributed by atoms with Gasteiger partial charge in [0.15, 0.2) is 0 Å². The molecule has 0 amide bonds. The molecule has 0 aromatic heterocycles. The first-order chi connectivity index (χ1) is 6.10. The molecule has 0 aliphatic carbocycles. The lowest BCUT2D eigenvalue weighted by Crippen LogP contribution is -2.17. The van der Waals surface area contributed by atoms with Crippen molar-refractivity contribution in [1.82, 2.24) is 0 Å². The van der Waals surface area contributed by atoms with Crippen LogP contribution in [-0.2, 0) is 9.53 Å². The normalized spacial score (nSPS) is 16.8. The summed E-state index contributed by atoms with van der Waals surface area (Å²) in [7, 11) is 0. The topological polar surface area (TPSA) is 26.3 Å². The zero-order valence-electron chi connectivity index (χ0n) is 9.25. The summed E-state index contributed by atoms with van der Waals surface area (Å²) in [5.74, 6) is 0.839. The van der Waals surface area contributed by atoms with Crippen molar-refractivity contribution in [3.8, 4) is 0 Å². The maximum absolute atomic E-state index is 10.2. The Kier molecular flexibility index (Phi) is 4.81. The summed E-state index contributed by atoms with van der Waals surface area (Å²) in [5, 5.41) is 0. The van der Waals surface area contributed by atoms with Crippen molar-refractivity contribution >= 4 is 6.47 Å². The van der Waals surface area contributed by atoms with Crippen molar-refractivity contribution in [2.45, 2.75) is 46.6 Å². The van der Waals surface area contributed by atoms with Gasteiger partial charge < -0.3 is 4.74 Å². The molecule has 0 radical (unpaired) electrons. The van der Waals surface area contributed by atoms with Gasteiger partial charge in [-0.1, -0.05) is 27.7 Å². The molecule has 0 saturated heterocycles. The molecular formula is C10H20O2.